The van der Waals surface area contributed by atoms with Gasteiger partial charge < -0.3 is 9.15 Å². The number of rotatable bonds is 7. The molecule has 0 radical (unpaired) electrons. The van der Waals surface area contributed by atoms with Crippen molar-refractivity contribution < 1.29 is 26.8 Å². The van der Waals surface area contributed by atoms with Crippen LogP contribution in [0.1, 0.15) is 21.7 Å². The number of sulfonamides is 1. The number of benzene rings is 2. The minimum absolute atomic E-state index is 0.00261. The number of esters is 1. The molecule has 0 fully saturated rings. The number of carbonyl (C=O) groups is 1. The molecule has 2 aromatic carbocycles. The minimum Gasteiger partial charge on any atom is -0.468 e. The Bertz CT molecular complexity index is 1070. The summed E-state index contributed by atoms with van der Waals surface area (Å²) >= 11 is 5.88. The van der Waals surface area contributed by atoms with Crippen molar-refractivity contribution in [2.45, 2.75) is 18.0 Å². The smallest absolute Gasteiger partial charge is 0.338 e. The summed E-state index contributed by atoms with van der Waals surface area (Å²) in [6.07, 6.45) is 1.45. The van der Waals surface area contributed by atoms with E-state index in [9.17, 15) is 17.6 Å². The molecule has 0 saturated carbocycles. The van der Waals surface area contributed by atoms with Crippen LogP contribution in [-0.2, 0) is 27.9 Å². The highest BCUT2D eigenvalue weighted by Gasteiger charge is 2.16. The van der Waals surface area contributed by atoms with Gasteiger partial charge in [-0.1, -0.05) is 17.7 Å². The number of hydrogen-bond donors (Lipinski definition) is 1. The van der Waals surface area contributed by atoms with Crippen LogP contribution in [0.4, 0.5) is 4.39 Å². The molecule has 0 unspecified atom stereocenters. The van der Waals surface area contributed by atoms with Gasteiger partial charge in [-0.05, 0) is 48.5 Å². The molecule has 0 saturated heterocycles. The van der Waals surface area contributed by atoms with Crippen molar-refractivity contribution >= 4 is 27.6 Å². The van der Waals surface area contributed by atoms with Gasteiger partial charge in [0.05, 0.1) is 28.3 Å². The number of furan rings is 1. The van der Waals surface area contributed by atoms with Gasteiger partial charge in [0.15, 0.2) is 0 Å². The summed E-state index contributed by atoms with van der Waals surface area (Å²) in [6.45, 7) is -0.125. The number of halogens is 2. The van der Waals surface area contributed by atoms with Crippen LogP contribution in [0.25, 0.3) is 0 Å². The van der Waals surface area contributed by atoms with E-state index in [0.29, 0.717) is 11.3 Å². The zero-order valence-electron chi connectivity index (χ0n) is 14.4. The van der Waals surface area contributed by atoms with Crippen LogP contribution in [0.2, 0.25) is 5.02 Å². The van der Waals surface area contributed by atoms with E-state index in [-0.39, 0.29) is 28.6 Å². The van der Waals surface area contributed by atoms with Crippen LogP contribution >= 0.6 is 11.6 Å². The van der Waals surface area contributed by atoms with Gasteiger partial charge in [0, 0.05) is 5.56 Å². The zero-order valence-corrected chi connectivity index (χ0v) is 16.0. The summed E-state index contributed by atoms with van der Waals surface area (Å²) in [4.78, 5) is 12.1. The van der Waals surface area contributed by atoms with E-state index in [1.807, 2.05) is 0 Å². The van der Waals surface area contributed by atoms with Gasteiger partial charge in [-0.2, -0.15) is 0 Å². The molecule has 28 heavy (non-hydrogen) atoms. The normalized spacial score (nSPS) is 11.4. The maximum absolute atomic E-state index is 13.0. The van der Waals surface area contributed by atoms with Gasteiger partial charge in [-0.25, -0.2) is 22.3 Å². The second-order valence-electron chi connectivity index (χ2n) is 5.74. The van der Waals surface area contributed by atoms with Gasteiger partial charge in [0.2, 0.25) is 10.0 Å². The molecule has 0 spiro atoms. The molecule has 0 aliphatic heterocycles. The molecule has 0 amide bonds. The molecule has 6 nitrogen and oxygen atoms in total. The van der Waals surface area contributed by atoms with Gasteiger partial charge in [-0.3, -0.25) is 0 Å². The lowest BCUT2D eigenvalue weighted by atomic mass is 10.2. The zero-order chi connectivity index (χ0) is 20.1. The van der Waals surface area contributed by atoms with Gasteiger partial charge >= 0.3 is 5.97 Å². The predicted octanol–water partition coefficient (Wildman–Crippen LogP) is 3.91. The monoisotopic (exact) mass is 423 g/mol. The Hall–Kier alpha value is -2.68. The van der Waals surface area contributed by atoms with Crippen molar-refractivity contribution in [1.29, 1.82) is 0 Å². The van der Waals surface area contributed by atoms with Crippen molar-refractivity contribution in [3.8, 4) is 0 Å². The number of hydrogen-bond acceptors (Lipinski definition) is 5. The summed E-state index contributed by atoms with van der Waals surface area (Å²) in [5.74, 6) is -0.673. The molecular formula is C19H15ClFNO5S. The summed E-state index contributed by atoms with van der Waals surface area (Å²) in [6, 6.07) is 12.3. The van der Waals surface area contributed by atoms with Crippen molar-refractivity contribution in [2.24, 2.45) is 0 Å². The van der Waals surface area contributed by atoms with E-state index in [1.165, 1.54) is 42.7 Å². The minimum atomic E-state index is -3.76. The van der Waals surface area contributed by atoms with Gasteiger partial charge in [0.1, 0.15) is 18.2 Å². The summed E-state index contributed by atoms with van der Waals surface area (Å²) < 4.78 is 50.2. The molecule has 1 heterocycles. The number of nitrogens with one attached hydrogen (secondary N) is 1. The lowest BCUT2D eigenvalue weighted by molar-refractivity contribution is 0.0472. The first-order chi connectivity index (χ1) is 13.3. The molecule has 9 heteroatoms. The van der Waals surface area contributed by atoms with E-state index in [2.05, 4.69) is 4.72 Å². The first-order valence-electron chi connectivity index (χ1n) is 8.08. The fourth-order valence-electron chi connectivity index (χ4n) is 2.30. The van der Waals surface area contributed by atoms with Gasteiger partial charge in [-0.15, -0.1) is 0 Å². The fraction of sp³-hybridized carbons (Fsp3) is 0.105. The average molecular weight is 424 g/mol. The number of ether oxygens (including phenoxy) is 1. The van der Waals surface area contributed by atoms with Gasteiger partial charge in [0.25, 0.3) is 0 Å². The molecule has 0 aliphatic rings. The van der Waals surface area contributed by atoms with E-state index in [4.69, 9.17) is 20.8 Å². The molecule has 1 N–H and O–H groups in total. The second-order valence-corrected chi connectivity index (χ2v) is 7.91. The average Bonchev–Trinajstić information content (AvgIpc) is 3.19. The van der Waals surface area contributed by atoms with E-state index in [0.717, 1.165) is 6.07 Å². The van der Waals surface area contributed by atoms with E-state index in [1.54, 1.807) is 12.1 Å². The molecule has 1 aromatic heterocycles. The van der Waals surface area contributed by atoms with Crippen LogP contribution in [0.3, 0.4) is 0 Å². The highest BCUT2D eigenvalue weighted by Crippen LogP contribution is 2.19. The third-order valence-electron chi connectivity index (χ3n) is 3.79. The Kier molecular flexibility index (Phi) is 6.13. The molecule has 3 aromatic rings. The van der Waals surface area contributed by atoms with E-state index >= 15 is 0 Å². The summed E-state index contributed by atoms with van der Waals surface area (Å²) in [7, 11) is -3.76. The second kappa shape index (κ2) is 8.55. The lowest BCUT2D eigenvalue weighted by Crippen LogP contribution is -2.23. The first kappa shape index (κ1) is 20.1. The highest BCUT2D eigenvalue weighted by molar-refractivity contribution is 7.89. The van der Waals surface area contributed by atoms with Crippen molar-refractivity contribution in [2.75, 3.05) is 0 Å². The quantitative estimate of drug-likeness (QED) is 0.582. The molecular weight excluding hydrogens is 409 g/mol. The number of carbonyl (C=O) groups excluding carboxylic acids is 1. The third kappa shape index (κ3) is 4.98. The standard InChI is InChI=1S/C19H15ClFNO5S/c20-18-10-15(21)6-3-14(18)12-27-19(23)13-4-7-17(8-5-13)28(24,25)22-11-16-2-1-9-26-16/h1-10,22H,11-12H2. The van der Waals surface area contributed by atoms with Crippen LogP contribution in [0, 0.1) is 5.82 Å². The van der Waals surface area contributed by atoms with Crippen molar-refractivity contribution in [3.05, 3.63) is 88.6 Å². The van der Waals surface area contributed by atoms with Crippen LogP contribution < -0.4 is 4.72 Å². The Morgan fingerprint density at radius 3 is 2.54 bits per heavy atom. The molecule has 0 bridgehead atoms. The Morgan fingerprint density at radius 2 is 1.89 bits per heavy atom. The maximum Gasteiger partial charge on any atom is 0.338 e. The first-order valence-corrected chi connectivity index (χ1v) is 9.94. The largest absolute Gasteiger partial charge is 0.468 e. The molecule has 146 valence electrons. The SMILES string of the molecule is O=C(OCc1ccc(F)cc1Cl)c1ccc(S(=O)(=O)NCc2ccco2)cc1. The molecule has 0 atom stereocenters. The summed E-state index contributed by atoms with van der Waals surface area (Å²) in [5, 5.41) is 0.150. The Labute approximate surface area is 165 Å². The lowest BCUT2D eigenvalue weighted by Gasteiger charge is -2.08. The van der Waals surface area contributed by atoms with Crippen LogP contribution in [-0.4, -0.2) is 14.4 Å². The van der Waals surface area contributed by atoms with Crippen LogP contribution in [0.15, 0.2) is 70.2 Å². The highest BCUT2D eigenvalue weighted by atomic mass is 35.5. The maximum atomic E-state index is 13.0. The van der Waals surface area contributed by atoms with Crippen molar-refractivity contribution in [3.63, 3.8) is 0 Å². The Balaban J connectivity index is 1.62. The molecule has 0 aliphatic carbocycles. The van der Waals surface area contributed by atoms with Crippen LogP contribution in [0.5, 0.6) is 0 Å². The van der Waals surface area contributed by atoms with E-state index < -0.39 is 21.8 Å². The molecule has 3 rings (SSSR count). The topological polar surface area (TPSA) is 85.6 Å². The Morgan fingerprint density at radius 1 is 1.14 bits per heavy atom. The summed E-state index contributed by atoms with van der Waals surface area (Å²) in [5.41, 5.74) is 0.626. The predicted molar refractivity (Wildman–Crippen MR) is 99.7 cm³/mol. The third-order valence-corrected chi connectivity index (χ3v) is 5.56. The van der Waals surface area contributed by atoms with Crippen molar-refractivity contribution in [1.82, 2.24) is 4.72 Å². The fourth-order valence-corrected chi connectivity index (χ4v) is 3.51.